The number of benzene rings is 2. The van der Waals surface area contributed by atoms with E-state index in [9.17, 15) is 40.9 Å². The second-order valence-corrected chi connectivity index (χ2v) is 4.57. The zero-order valence-corrected chi connectivity index (χ0v) is 11.1. The molecule has 8 N–H and O–H groups in total. The summed E-state index contributed by atoms with van der Waals surface area (Å²) in [6.07, 6.45) is 0. The maximum atomic E-state index is 9.99. The van der Waals surface area contributed by atoms with Crippen molar-refractivity contribution in [2.45, 2.75) is 13.2 Å². The van der Waals surface area contributed by atoms with Gasteiger partial charge in [-0.1, -0.05) is 0 Å². The van der Waals surface area contributed by atoms with Crippen LogP contribution in [0.2, 0.25) is 0 Å². The molecule has 22 heavy (non-hydrogen) atoms. The van der Waals surface area contributed by atoms with Crippen LogP contribution in [0.25, 0.3) is 11.1 Å². The van der Waals surface area contributed by atoms with Gasteiger partial charge in [0.15, 0.2) is 23.0 Å². The maximum Gasteiger partial charge on any atom is 0.200 e. The Balaban J connectivity index is 2.94. The van der Waals surface area contributed by atoms with Gasteiger partial charge < -0.3 is 40.9 Å². The van der Waals surface area contributed by atoms with Crippen molar-refractivity contribution in [2.75, 3.05) is 0 Å². The Morgan fingerprint density at radius 3 is 1.14 bits per heavy atom. The van der Waals surface area contributed by atoms with Gasteiger partial charge in [0.1, 0.15) is 0 Å². The average molecular weight is 310 g/mol. The third kappa shape index (κ3) is 2.20. The van der Waals surface area contributed by atoms with E-state index < -0.39 is 47.7 Å². The lowest BCUT2D eigenvalue weighted by Crippen LogP contribution is -1.97. The molecule has 0 saturated heterocycles. The summed E-state index contributed by atoms with van der Waals surface area (Å²) in [7, 11) is 0. The maximum absolute atomic E-state index is 9.99. The largest absolute Gasteiger partial charge is 0.504 e. The van der Waals surface area contributed by atoms with Crippen molar-refractivity contribution >= 4 is 0 Å². The molecule has 0 aromatic heterocycles. The molecule has 0 aliphatic rings. The summed E-state index contributed by atoms with van der Waals surface area (Å²) >= 11 is 0. The van der Waals surface area contributed by atoms with Crippen LogP contribution in [0.15, 0.2) is 12.1 Å². The molecule has 0 aliphatic heterocycles. The van der Waals surface area contributed by atoms with E-state index in [0.717, 1.165) is 12.1 Å². The summed E-state index contributed by atoms with van der Waals surface area (Å²) in [5.74, 6) is -4.92. The fraction of sp³-hybridized carbons (Fsp3) is 0.143. The van der Waals surface area contributed by atoms with E-state index in [0.29, 0.717) is 0 Å². The lowest BCUT2D eigenvalue weighted by atomic mass is 9.92. The average Bonchev–Trinajstić information content (AvgIpc) is 2.50. The van der Waals surface area contributed by atoms with Crippen molar-refractivity contribution in [3.05, 3.63) is 23.3 Å². The molecule has 0 radical (unpaired) electrons. The van der Waals surface area contributed by atoms with Gasteiger partial charge in [-0.05, 0) is 23.3 Å². The number of hydrogen-bond donors (Lipinski definition) is 8. The lowest BCUT2D eigenvalue weighted by Gasteiger charge is -2.17. The normalized spacial score (nSPS) is 10.8. The van der Waals surface area contributed by atoms with Gasteiger partial charge in [0, 0.05) is 11.1 Å². The van der Waals surface area contributed by atoms with Gasteiger partial charge in [0.25, 0.3) is 0 Å². The standard InChI is InChI=1S/C14H14O8/c15-3-5-1-7(17)11(19)13(21)9(5)10-6(4-16)2-8(18)12(20)14(10)22/h1-2,15-22H,3-4H2. The molecule has 0 aliphatic carbocycles. The number of phenolic OH excluding ortho intramolecular Hbond substituents is 6. The molecule has 118 valence electrons. The first-order valence-corrected chi connectivity index (χ1v) is 6.09. The van der Waals surface area contributed by atoms with Gasteiger partial charge in [0.05, 0.1) is 13.2 Å². The molecular weight excluding hydrogens is 296 g/mol. The Bertz CT molecular complexity index is 675. The minimum absolute atomic E-state index is 0.0807. The number of aliphatic hydroxyl groups excluding tert-OH is 2. The van der Waals surface area contributed by atoms with E-state index in [4.69, 9.17) is 0 Å². The van der Waals surface area contributed by atoms with Crippen molar-refractivity contribution in [2.24, 2.45) is 0 Å². The number of rotatable bonds is 3. The van der Waals surface area contributed by atoms with Crippen molar-refractivity contribution in [3.8, 4) is 45.6 Å². The summed E-state index contributed by atoms with van der Waals surface area (Å²) in [5.41, 5.74) is -0.755. The number of hydrogen-bond acceptors (Lipinski definition) is 8. The van der Waals surface area contributed by atoms with Crippen LogP contribution in [-0.2, 0) is 13.2 Å². The van der Waals surface area contributed by atoms with Gasteiger partial charge in [0.2, 0.25) is 11.5 Å². The summed E-state index contributed by atoms with van der Waals surface area (Å²) < 4.78 is 0. The molecule has 2 aromatic rings. The molecule has 0 fully saturated rings. The number of aliphatic hydroxyl groups is 2. The highest BCUT2D eigenvalue weighted by molar-refractivity contribution is 5.86. The Morgan fingerprint density at radius 2 is 0.864 bits per heavy atom. The third-order valence-corrected chi connectivity index (χ3v) is 3.26. The molecule has 0 bridgehead atoms. The number of aromatic hydroxyl groups is 6. The summed E-state index contributed by atoms with van der Waals surface area (Å²) in [6, 6.07) is 1.91. The molecule has 2 aromatic carbocycles. The van der Waals surface area contributed by atoms with Crippen LogP contribution in [-0.4, -0.2) is 40.9 Å². The molecule has 2 rings (SSSR count). The van der Waals surface area contributed by atoms with Crippen LogP contribution < -0.4 is 0 Å². The molecule has 0 atom stereocenters. The van der Waals surface area contributed by atoms with Crippen LogP contribution in [0, 0.1) is 0 Å². The number of phenols is 6. The summed E-state index contributed by atoms with van der Waals surface area (Å²) in [4.78, 5) is 0. The molecule has 8 heteroatoms. The van der Waals surface area contributed by atoms with Crippen LogP contribution >= 0.6 is 0 Å². The monoisotopic (exact) mass is 310 g/mol. The van der Waals surface area contributed by atoms with E-state index in [1.165, 1.54) is 0 Å². The first kappa shape index (κ1) is 15.5. The highest BCUT2D eigenvalue weighted by Gasteiger charge is 2.25. The van der Waals surface area contributed by atoms with Crippen molar-refractivity contribution in [3.63, 3.8) is 0 Å². The van der Waals surface area contributed by atoms with E-state index >= 15 is 0 Å². The predicted octanol–water partition coefficient (Wildman–Crippen LogP) is 0.572. The highest BCUT2D eigenvalue weighted by atomic mass is 16.3. The molecule has 0 spiro atoms. The van der Waals surface area contributed by atoms with E-state index in [2.05, 4.69) is 0 Å². The van der Waals surface area contributed by atoms with Gasteiger partial charge in [-0.15, -0.1) is 0 Å². The Labute approximate surface area is 124 Å². The second-order valence-electron chi connectivity index (χ2n) is 4.57. The zero-order valence-electron chi connectivity index (χ0n) is 11.1. The third-order valence-electron chi connectivity index (χ3n) is 3.26. The highest BCUT2D eigenvalue weighted by Crippen LogP contribution is 2.52. The predicted molar refractivity (Wildman–Crippen MR) is 73.7 cm³/mol. The van der Waals surface area contributed by atoms with Gasteiger partial charge >= 0.3 is 0 Å². The Morgan fingerprint density at radius 1 is 0.545 bits per heavy atom. The van der Waals surface area contributed by atoms with E-state index in [-0.39, 0.29) is 22.3 Å². The van der Waals surface area contributed by atoms with E-state index in [1.807, 2.05) is 0 Å². The molecule has 0 unspecified atom stereocenters. The van der Waals surface area contributed by atoms with Crippen LogP contribution in [0.1, 0.15) is 11.1 Å². The van der Waals surface area contributed by atoms with Crippen molar-refractivity contribution in [1.82, 2.24) is 0 Å². The lowest BCUT2D eigenvalue weighted by molar-refractivity contribution is 0.277. The van der Waals surface area contributed by atoms with Crippen molar-refractivity contribution < 1.29 is 40.9 Å². The van der Waals surface area contributed by atoms with Crippen LogP contribution in [0.5, 0.6) is 34.5 Å². The Hall–Kier alpha value is -2.84. The van der Waals surface area contributed by atoms with Crippen LogP contribution in [0.3, 0.4) is 0 Å². The van der Waals surface area contributed by atoms with Gasteiger partial charge in [-0.3, -0.25) is 0 Å². The zero-order chi connectivity index (χ0) is 16.6. The minimum atomic E-state index is -0.900. The first-order valence-electron chi connectivity index (χ1n) is 6.09. The van der Waals surface area contributed by atoms with Gasteiger partial charge in [-0.2, -0.15) is 0 Å². The topological polar surface area (TPSA) is 162 Å². The molecular formula is C14H14O8. The molecule has 0 amide bonds. The molecule has 0 heterocycles. The molecule has 8 nitrogen and oxygen atoms in total. The molecule has 0 saturated carbocycles. The van der Waals surface area contributed by atoms with Crippen LogP contribution in [0.4, 0.5) is 0 Å². The smallest absolute Gasteiger partial charge is 0.200 e. The quantitative estimate of drug-likeness (QED) is 0.381. The second kappa shape index (κ2) is 5.51. The summed E-state index contributed by atoms with van der Waals surface area (Å²) in [6.45, 7) is -1.36. The fourth-order valence-electron chi connectivity index (χ4n) is 2.20. The Kier molecular flexibility index (Phi) is 3.89. The first-order chi connectivity index (χ1) is 10.3. The fourth-order valence-corrected chi connectivity index (χ4v) is 2.20. The summed E-state index contributed by atoms with van der Waals surface area (Å²) in [5, 5.41) is 76.8. The minimum Gasteiger partial charge on any atom is -0.504 e. The van der Waals surface area contributed by atoms with Gasteiger partial charge in [-0.25, -0.2) is 0 Å². The van der Waals surface area contributed by atoms with E-state index in [1.54, 1.807) is 0 Å². The SMILES string of the molecule is OCc1cc(O)c(O)c(O)c1-c1c(CO)cc(O)c(O)c1O. The van der Waals surface area contributed by atoms with Crippen molar-refractivity contribution in [1.29, 1.82) is 0 Å².